The molecule has 1 aromatic carbocycles. The van der Waals surface area contributed by atoms with E-state index in [2.05, 4.69) is 24.3 Å². The molecule has 0 unspecified atom stereocenters. The Bertz CT molecular complexity index is 329. The van der Waals surface area contributed by atoms with Gasteiger partial charge in [0.15, 0.2) is 0 Å². The number of ketones is 1. The maximum atomic E-state index is 11.1. The first kappa shape index (κ1) is 9.41. The summed E-state index contributed by atoms with van der Waals surface area (Å²) in [5.74, 6) is 0.854. The van der Waals surface area contributed by atoms with E-state index in [1.165, 1.54) is 5.56 Å². The average molecular weight is 189 g/mol. The maximum Gasteiger partial charge on any atom is 0.133 e. The van der Waals surface area contributed by atoms with Crippen molar-refractivity contribution >= 4 is 5.78 Å². The third-order valence-corrected chi connectivity index (χ3v) is 2.93. The Kier molecular flexibility index (Phi) is 2.64. The quantitative estimate of drug-likeness (QED) is 0.773. The third kappa shape index (κ3) is 1.85. The van der Waals surface area contributed by atoms with Gasteiger partial charge in [0.2, 0.25) is 0 Å². The number of benzene rings is 1. The molecule has 0 saturated heterocycles. The van der Waals surface area contributed by atoms with Gasteiger partial charge in [0.1, 0.15) is 5.78 Å². The van der Waals surface area contributed by atoms with Gasteiger partial charge in [0.05, 0.1) is 0 Å². The summed E-state index contributed by atoms with van der Waals surface area (Å²) in [5.41, 5.74) is 7.96. The SMILES string of the molecule is NCc1ccc([C@@H]2CCC(=O)C2)cc1. The van der Waals surface area contributed by atoms with Gasteiger partial charge in [0.25, 0.3) is 0 Å². The molecule has 1 fully saturated rings. The van der Waals surface area contributed by atoms with E-state index < -0.39 is 0 Å². The molecular weight excluding hydrogens is 174 g/mol. The summed E-state index contributed by atoms with van der Waals surface area (Å²) in [7, 11) is 0. The van der Waals surface area contributed by atoms with Crippen LogP contribution in [0.5, 0.6) is 0 Å². The molecule has 0 heterocycles. The second kappa shape index (κ2) is 3.93. The van der Waals surface area contributed by atoms with Crippen molar-refractivity contribution in [1.82, 2.24) is 0 Å². The molecule has 14 heavy (non-hydrogen) atoms. The van der Waals surface area contributed by atoms with E-state index in [1.54, 1.807) is 0 Å². The first-order valence-corrected chi connectivity index (χ1v) is 5.10. The van der Waals surface area contributed by atoms with Gasteiger partial charge in [-0.05, 0) is 23.5 Å². The van der Waals surface area contributed by atoms with Gasteiger partial charge in [-0.2, -0.15) is 0 Å². The summed E-state index contributed by atoms with van der Waals surface area (Å²) >= 11 is 0. The van der Waals surface area contributed by atoms with Gasteiger partial charge in [-0.25, -0.2) is 0 Å². The van der Waals surface area contributed by atoms with E-state index in [9.17, 15) is 4.79 Å². The molecule has 0 bridgehead atoms. The minimum absolute atomic E-state index is 0.401. The number of hydrogen-bond acceptors (Lipinski definition) is 2. The van der Waals surface area contributed by atoms with Crippen LogP contribution in [0.4, 0.5) is 0 Å². The number of Topliss-reactive ketones (excluding diaryl/α,β-unsaturated/α-hetero) is 1. The standard InChI is InChI=1S/C12H15NO/c13-8-9-1-3-10(4-2-9)11-5-6-12(14)7-11/h1-4,11H,5-8,13H2/t11-/m1/s1. The molecule has 0 spiro atoms. The minimum Gasteiger partial charge on any atom is -0.326 e. The molecule has 2 nitrogen and oxygen atoms in total. The summed E-state index contributed by atoms with van der Waals surface area (Å²) in [5, 5.41) is 0. The Morgan fingerprint density at radius 2 is 2.00 bits per heavy atom. The highest BCUT2D eigenvalue weighted by molar-refractivity contribution is 5.81. The van der Waals surface area contributed by atoms with Crippen LogP contribution in [-0.4, -0.2) is 5.78 Å². The third-order valence-electron chi connectivity index (χ3n) is 2.93. The molecule has 1 aliphatic rings. The molecular formula is C12H15NO. The predicted molar refractivity (Wildman–Crippen MR) is 55.9 cm³/mol. The molecule has 2 rings (SSSR count). The largest absolute Gasteiger partial charge is 0.326 e. The number of hydrogen-bond donors (Lipinski definition) is 1. The Morgan fingerprint density at radius 1 is 1.29 bits per heavy atom. The molecule has 1 saturated carbocycles. The summed E-state index contributed by atoms with van der Waals surface area (Å²) in [6.07, 6.45) is 2.49. The van der Waals surface area contributed by atoms with E-state index in [1.807, 2.05) is 0 Å². The zero-order valence-electron chi connectivity index (χ0n) is 8.20. The van der Waals surface area contributed by atoms with Gasteiger partial charge < -0.3 is 5.73 Å². The van der Waals surface area contributed by atoms with Crippen LogP contribution in [0.15, 0.2) is 24.3 Å². The Morgan fingerprint density at radius 3 is 2.50 bits per heavy atom. The fourth-order valence-electron chi connectivity index (χ4n) is 2.02. The Balaban J connectivity index is 2.13. The topological polar surface area (TPSA) is 43.1 Å². The molecule has 0 aliphatic heterocycles. The summed E-state index contributed by atoms with van der Waals surface area (Å²) in [4.78, 5) is 11.1. The van der Waals surface area contributed by atoms with Crippen LogP contribution < -0.4 is 5.73 Å². The molecule has 2 heteroatoms. The van der Waals surface area contributed by atoms with Crippen molar-refractivity contribution in [3.63, 3.8) is 0 Å². The summed E-state index contributed by atoms with van der Waals surface area (Å²) in [6.45, 7) is 0.587. The lowest BCUT2D eigenvalue weighted by molar-refractivity contribution is -0.117. The molecule has 0 radical (unpaired) electrons. The van der Waals surface area contributed by atoms with E-state index in [4.69, 9.17) is 5.73 Å². The van der Waals surface area contributed by atoms with Crippen LogP contribution in [0.25, 0.3) is 0 Å². The Hall–Kier alpha value is -1.15. The van der Waals surface area contributed by atoms with Crippen molar-refractivity contribution in [2.24, 2.45) is 5.73 Å². The summed E-state index contributed by atoms with van der Waals surface area (Å²) < 4.78 is 0. The highest BCUT2D eigenvalue weighted by Crippen LogP contribution is 2.31. The molecule has 74 valence electrons. The molecule has 0 aromatic heterocycles. The van der Waals surface area contributed by atoms with Crippen molar-refractivity contribution in [1.29, 1.82) is 0 Å². The lowest BCUT2D eigenvalue weighted by Gasteiger charge is -2.08. The van der Waals surface area contributed by atoms with Crippen molar-refractivity contribution in [3.05, 3.63) is 35.4 Å². The van der Waals surface area contributed by atoms with Gasteiger partial charge in [-0.1, -0.05) is 24.3 Å². The van der Waals surface area contributed by atoms with Crippen molar-refractivity contribution < 1.29 is 4.79 Å². The minimum atomic E-state index is 0.401. The normalized spacial score (nSPS) is 21.5. The van der Waals surface area contributed by atoms with Gasteiger partial charge in [0, 0.05) is 19.4 Å². The zero-order valence-corrected chi connectivity index (χ0v) is 8.20. The van der Waals surface area contributed by atoms with Gasteiger partial charge in [-0.15, -0.1) is 0 Å². The fraction of sp³-hybridized carbons (Fsp3) is 0.417. The maximum absolute atomic E-state index is 11.1. The molecule has 1 aromatic rings. The highest BCUT2D eigenvalue weighted by Gasteiger charge is 2.22. The lowest BCUT2D eigenvalue weighted by Crippen LogP contribution is -1.98. The van der Waals surface area contributed by atoms with Crippen LogP contribution in [-0.2, 0) is 11.3 Å². The van der Waals surface area contributed by atoms with E-state index in [0.29, 0.717) is 18.2 Å². The number of carbonyl (C=O) groups is 1. The second-order valence-electron chi connectivity index (χ2n) is 3.92. The highest BCUT2D eigenvalue weighted by atomic mass is 16.1. The molecule has 0 amide bonds. The van der Waals surface area contributed by atoms with E-state index in [-0.39, 0.29) is 0 Å². The smallest absolute Gasteiger partial charge is 0.133 e. The first-order valence-electron chi connectivity index (χ1n) is 5.10. The molecule has 1 atom stereocenters. The van der Waals surface area contributed by atoms with Crippen molar-refractivity contribution in [2.45, 2.75) is 31.7 Å². The van der Waals surface area contributed by atoms with Crippen LogP contribution in [0.3, 0.4) is 0 Å². The fourth-order valence-corrected chi connectivity index (χ4v) is 2.02. The Labute approximate surface area is 84.1 Å². The second-order valence-corrected chi connectivity index (χ2v) is 3.92. The number of carbonyl (C=O) groups excluding carboxylic acids is 1. The average Bonchev–Trinajstić information content (AvgIpc) is 2.65. The van der Waals surface area contributed by atoms with Crippen molar-refractivity contribution in [2.75, 3.05) is 0 Å². The lowest BCUT2D eigenvalue weighted by atomic mass is 9.97. The number of nitrogens with two attached hydrogens (primary N) is 1. The number of rotatable bonds is 2. The van der Waals surface area contributed by atoms with Crippen LogP contribution in [0.2, 0.25) is 0 Å². The molecule has 2 N–H and O–H groups in total. The van der Waals surface area contributed by atoms with Crippen LogP contribution in [0.1, 0.15) is 36.3 Å². The van der Waals surface area contributed by atoms with Gasteiger partial charge >= 0.3 is 0 Å². The monoisotopic (exact) mass is 189 g/mol. The van der Waals surface area contributed by atoms with Crippen molar-refractivity contribution in [3.8, 4) is 0 Å². The first-order chi connectivity index (χ1) is 6.79. The zero-order chi connectivity index (χ0) is 9.97. The summed E-state index contributed by atoms with van der Waals surface area (Å²) in [6, 6.07) is 8.31. The predicted octanol–water partition coefficient (Wildman–Crippen LogP) is 1.98. The van der Waals surface area contributed by atoms with Crippen LogP contribution >= 0.6 is 0 Å². The molecule has 1 aliphatic carbocycles. The van der Waals surface area contributed by atoms with E-state index in [0.717, 1.165) is 24.8 Å². The van der Waals surface area contributed by atoms with E-state index >= 15 is 0 Å². The van der Waals surface area contributed by atoms with Crippen LogP contribution in [0, 0.1) is 0 Å². The van der Waals surface area contributed by atoms with Gasteiger partial charge in [-0.3, -0.25) is 4.79 Å².